The molecule has 0 spiro atoms. The fourth-order valence-corrected chi connectivity index (χ4v) is 5.45. The normalized spacial score (nSPS) is 30.5. The van der Waals surface area contributed by atoms with Crippen LogP contribution in [0.15, 0.2) is 21.7 Å². The Kier molecular flexibility index (Phi) is 6.42. The van der Waals surface area contributed by atoms with Crippen LogP contribution in [-0.2, 0) is 14.3 Å². The van der Waals surface area contributed by atoms with E-state index >= 15 is 0 Å². The van der Waals surface area contributed by atoms with Crippen molar-refractivity contribution in [3.8, 4) is 0 Å². The number of hydrogen-bond donors (Lipinski definition) is 3. The SMILES string of the molecule is CNCN1CC2C(C1=O)C1(CNc3c(NCCCCCCOC)c(=O)c3=O)C=CC2(C)O1. The Bertz CT molecular complexity index is 955. The zero-order valence-corrected chi connectivity index (χ0v) is 19.2. The molecule has 3 N–H and O–H groups in total. The summed E-state index contributed by atoms with van der Waals surface area (Å²) in [6.45, 7) is 4.83. The Morgan fingerprint density at radius 1 is 1.09 bits per heavy atom. The van der Waals surface area contributed by atoms with Gasteiger partial charge in [0.15, 0.2) is 0 Å². The lowest BCUT2D eigenvalue weighted by atomic mass is 9.72. The molecule has 2 bridgehead atoms. The second kappa shape index (κ2) is 8.96. The number of carbonyl (C=O) groups excluding carboxylic acids is 1. The Labute approximate surface area is 188 Å². The maximum Gasteiger partial charge on any atom is 0.253 e. The van der Waals surface area contributed by atoms with E-state index in [1.54, 1.807) is 7.11 Å². The van der Waals surface area contributed by atoms with Gasteiger partial charge < -0.3 is 30.3 Å². The average Bonchev–Trinajstić information content (AvgIpc) is 3.38. The van der Waals surface area contributed by atoms with Crippen LogP contribution in [0.1, 0.15) is 32.6 Å². The zero-order valence-electron chi connectivity index (χ0n) is 19.2. The predicted octanol–water partition coefficient (Wildman–Crippen LogP) is 0.662. The highest BCUT2D eigenvalue weighted by atomic mass is 16.5. The number of amides is 1. The fourth-order valence-electron chi connectivity index (χ4n) is 5.45. The van der Waals surface area contributed by atoms with Crippen molar-refractivity contribution in [2.75, 3.05) is 57.7 Å². The molecule has 3 heterocycles. The molecule has 9 heteroatoms. The summed E-state index contributed by atoms with van der Waals surface area (Å²) in [6, 6.07) is 0. The summed E-state index contributed by atoms with van der Waals surface area (Å²) in [5, 5.41) is 9.31. The van der Waals surface area contributed by atoms with Crippen LogP contribution in [-0.4, -0.2) is 69.1 Å². The topological polar surface area (TPSA) is 109 Å². The molecule has 0 radical (unpaired) electrons. The monoisotopic (exact) mass is 446 g/mol. The van der Waals surface area contributed by atoms with Crippen LogP contribution >= 0.6 is 0 Å². The molecule has 176 valence electrons. The van der Waals surface area contributed by atoms with E-state index in [-0.39, 0.29) is 24.3 Å². The van der Waals surface area contributed by atoms with Crippen molar-refractivity contribution in [2.45, 2.75) is 43.8 Å². The van der Waals surface area contributed by atoms with Gasteiger partial charge in [0.05, 0.1) is 18.2 Å². The number of nitrogens with zero attached hydrogens (tertiary/aromatic N) is 1. The Hall–Kier alpha value is -2.23. The number of hydrogen-bond acceptors (Lipinski definition) is 8. The van der Waals surface area contributed by atoms with Crippen LogP contribution in [0, 0.1) is 11.8 Å². The first-order valence-electron chi connectivity index (χ1n) is 11.5. The van der Waals surface area contributed by atoms with Gasteiger partial charge in [0.2, 0.25) is 5.91 Å². The van der Waals surface area contributed by atoms with Crippen molar-refractivity contribution in [2.24, 2.45) is 11.8 Å². The van der Waals surface area contributed by atoms with E-state index in [0.29, 0.717) is 31.1 Å². The standard InChI is InChI=1S/C23H34N4O5/c1-22-8-9-23(32-22,16-15(22)12-27(14-24-2)21(16)30)13-26-18-17(19(28)20(18)29)25-10-6-4-5-7-11-31-3/h8-9,15-16,24-26H,4-7,10-14H2,1-3H3. The molecule has 4 atom stereocenters. The molecule has 1 amide bonds. The highest BCUT2D eigenvalue weighted by Gasteiger charge is 2.68. The lowest BCUT2D eigenvalue weighted by Gasteiger charge is -2.30. The molecule has 3 aliphatic rings. The second-order valence-corrected chi connectivity index (χ2v) is 9.33. The van der Waals surface area contributed by atoms with E-state index in [2.05, 4.69) is 16.0 Å². The van der Waals surface area contributed by atoms with Crippen molar-refractivity contribution in [3.05, 3.63) is 32.6 Å². The Morgan fingerprint density at radius 2 is 1.81 bits per heavy atom. The number of fused-ring (bicyclic) bond motifs is 5. The third-order valence-corrected chi connectivity index (χ3v) is 7.14. The molecule has 4 rings (SSSR count). The molecule has 1 aromatic carbocycles. The van der Waals surface area contributed by atoms with Crippen LogP contribution in [0.5, 0.6) is 0 Å². The number of carbonyl (C=O) groups is 1. The number of ether oxygens (including phenoxy) is 2. The minimum Gasteiger partial charge on any atom is -0.385 e. The van der Waals surface area contributed by atoms with Gasteiger partial charge in [-0.3, -0.25) is 14.4 Å². The Balaban J connectivity index is 1.38. The van der Waals surface area contributed by atoms with Crippen molar-refractivity contribution in [3.63, 3.8) is 0 Å². The van der Waals surface area contributed by atoms with E-state index < -0.39 is 22.1 Å². The summed E-state index contributed by atoms with van der Waals surface area (Å²) >= 11 is 0. The molecule has 1 aromatic rings. The van der Waals surface area contributed by atoms with Crippen molar-refractivity contribution >= 4 is 17.3 Å². The van der Waals surface area contributed by atoms with Gasteiger partial charge in [-0.05, 0) is 26.8 Å². The van der Waals surface area contributed by atoms with Crippen LogP contribution in [0.3, 0.4) is 0 Å². The number of likely N-dealkylation sites (tertiary alicyclic amines) is 1. The highest BCUT2D eigenvalue weighted by Crippen LogP contribution is 2.56. The van der Waals surface area contributed by atoms with Gasteiger partial charge in [-0.2, -0.15) is 0 Å². The summed E-state index contributed by atoms with van der Waals surface area (Å²) in [4.78, 5) is 39.2. The minimum absolute atomic E-state index is 0.0658. The quantitative estimate of drug-likeness (QED) is 0.230. The largest absolute Gasteiger partial charge is 0.385 e. The van der Waals surface area contributed by atoms with Crippen molar-refractivity contribution in [1.29, 1.82) is 0 Å². The van der Waals surface area contributed by atoms with Gasteiger partial charge in [-0.1, -0.05) is 25.0 Å². The van der Waals surface area contributed by atoms with E-state index in [1.165, 1.54) is 0 Å². The van der Waals surface area contributed by atoms with Gasteiger partial charge in [0, 0.05) is 39.3 Å². The van der Waals surface area contributed by atoms with Gasteiger partial charge >= 0.3 is 0 Å². The number of nitrogens with one attached hydrogen (secondary N) is 3. The number of rotatable bonds is 13. The first-order chi connectivity index (χ1) is 15.4. The predicted molar refractivity (Wildman–Crippen MR) is 123 cm³/mol. The summed E-state index contributed by atoms with van der Waals surface area (Å²) < 4.78 is 11.4. The molecular formula is C23H34N4O5. The summed E-state index contributed by atoms with van der Waals surface area (Å²) in [6.07, 6.45) is 8.03. The molecule has 2 fully saturated rings. The molecule has 0 aliphatic carbocycles. The van der Waals surface area contributed by atoms with E-state index in [4.69, 9.17) is 9.47 Å². The highest BCUT2D eigenvalue weighted by molar-refractivity contribution is 5.85. The smallest absolute Gasteiger partial charge is 0.253 e. The molecule has 3 aliphatic heterocycles. The van der Waals surface area contributed by atoms with E-state index in [9.17, 15) is 14.4 Å². The number of methoxy groups -OCH3 is 1. The lowest BCUT2D eigenvalue weighted by molar-refractivity contribution is -0.136. The van der Waals surface area contributed by atoms with Crippen molar-refractivity contribution in [1.82, 2.24) is 10.2 Å². The second-order valence-electron chi connectivity index (χ2n) is 9.33. The average molecular weight is 447 g/mol. The first-order valence-corrected chi connectivity index (χ1v) is 11.5. The van der Waals surface area contributed by atoms with Gasteiger partial charge in [0.1, 0.15) is 17.0 Å². The third-order valence-electron chi connectivity index (χ3n) is 7.14. The molecular weight excluding hydrogens is 412 g/mol. The number of anilines is 2. The molecule has 9 nitrogen and oxygen atoms in total. The zero-order chi connectivity index (χ0) is 22.9. The minimum atomic E-state index is -0.808. The molecule has 4 unspecified atom stereocenters. The van der Waals surface area contributed by atoms with Crippen LogP contribution < -0.4 is 26.8 Å². The third kappa shape index (κ3) is 3.76. The lowest BCUT2D eigenvalue weighted by Crippen LogP contribution is -2.48. The maximum absolute atomic E-state index is 13.1. The van der Waals surface area contributed by atoms with Gasteiger partial charge in [-0.15, -0.1) is 0 Å². The van der Waals surface area contributed by atoms with Crippen LogP contribution in [0.25, 0.3) is 0 Å². The summed E-state index contributed by atoms with van der Waals surface area (Å²) in [7, 11) is 3.52. The van der Waals surface area contributed by atoms with Crippen molar-refractivity contribution < 1.29 is 14.3 Å². The number of unbranched alkanes of at least 4 members (excludes halogenated alkanes) is 3. The van der Waals surface area contributed by atoms with Crippen LogP contribution in [0.2, 0.25) is 0 Å². The van der Waals surface area contributed by atoms with E-state index in [0.717, 1.165) is 32.3 Å². The molecule has 0 aromatic heterocycles. The summed E-state index contributed by atoms with van der Waals surface area (Å²) in [5.41, 5.74) is -1.66. The summed E-state index contributed by atoms with van der Waals surface area (Å²) in [5.74, 6) is -0.164. The Morgan fingerprint density at radius 3 is 2.53 bits per heavy atom. The molecule has 0 saturated carbocycles. The first kappa shape index (κ1) is 22.9. The maximum atomic E-state index is 13.1. The molecule has 2 saturated heterocycles. The van der Waals surface area contributed by atoms with Gasteiger partial charge in [0.25, 0.3) is 10.9 Å². The van der Waals surface area contributed by atoms with Crippen LogP contribution in [0.4, 0.5) is 11.4 Å². The van der Waals surface area contributed by atoms with E-state index in [1.807, 2.05) is 31.0 Å². The van der Waals surface area contributed by atoms with Gasteiger partial charge in [-0.25, -0.2) is 0 Å². The fraction of sp³-hybridized carbons (Fsp3) is 0.696. The molecule has 32 heavy (non-hydrogen) atoms.